The zero-order chi connectivity index (χ0) is 47.5. The lowest BCUT2D eigenvalue weighted by atomic mass is 9.99. The van der Waals surface area contributed by atoms with Crippen LogP contribution in [0.25, 0.3) is 105 Å². The van der Waals surface area contributed by atoms with Crippen LogP contribution in [0.2, 0.25) is 0 Å². The van der Waals surface area contributed by atoms with E-state index in [0.717, 1.165) is 111 Å². The predicted molar refractivity (Wildman–Crippen MR) is 289 cm³/mol. The molecule has 0 unspecified atom stereocenters. The van der Waals surface area contributed by atoms with E-state index in [0.29, 0.717) is 11.1 Å². The quantitative estimate of drug-likeness (QED) is 0.143. The van der Waals surface area contributed by atoms with Crippen molar-refractivity contribution in [3.63, 3.8) is 0 Å². The summed E-state index contributed by atoms with van der Waals surface area (Å²) >= 11 is 0. The molecule has 0 fully saturated rings. The zero-order valence-electron chi connectivity index (χ0n) is 39.4. The van der Waals surface area contributed by atoms with Crippen molar-refractivity contribution in [3.05, 3.63) is 234 Å². The zero-order valence-corrected chi connectivity index (χ0v) is 39.4. The first-order valence-corrected chi connectivity index (χ1v) is 23.4. The standard InChI is InChI=1S/C65H48N4/c1-40(2)28-44(6)45-20-24-56-57-25-21-51(46-13-7-10-41(3)29-46)35-63(57)68(62(56)32-45)60-33-49(16-18-54(60)38-66)50-17-19-55(39-67)61(34-50)69-64-36-52(47-14-8-11-42(4)30-47)22-26-58(64)59-27-23-53(37-65(59)69)48-15-9-12-43(5)31-48/h7-37H,6H2,1-5H3. The predicted octanol–water partition coefficient (Wildman–Crippen LogP) is 17.2. The van der Waals surface area contributed by atoms with Crippen LogP contribution in [-0.4, -0.2) is 9.13 Å². The molecule has 4 nitrogen and oxygen atoms in total. The molecule has 9 aromatic carbocycles. The van der Waals surface area contributed by atoms with E-state index in [1.165, 1.54) is 22.3 Å². The van der Waals surface area contributed by atoms with Crippen molar-refractivity contribution in [1.82, 2.24) is 9.13 Å². The molecule has 328 valence electrons. The van der Waals surface area contributed by atoms with Crippen molar-refractivity contribution in [3.8, 4) is 68.0 Å². The van der Waals surface area contributed by atoms with E-state index in [4.69, 9.17) is 0 Å². The summed E-state index contributed by atoms with van der Waals surface area (Å²) < 4.78 is 4.53. The largest absolute Gasteiger partial charge is 0.308 e. The fraction of sp³-hybridized carbons (Fsp3) is 0.0769. The maximum Gasteiger partial charge on any atom is 0.101 e. The Balaban J connectivity index is 1.15. The van der Waals surface area contributed by atoms with Gasteiger partial charge in [-0.2, -0.15) is 10.5 Å². The van der Waals surface area contributed by atoms with Crippen LogP contribution in [0.15, 0.2) is 200 Å². The number of allylic oxidation sites excluding steroid dienone is 3. The number of nitriles is 2. The van der Waals surface area contributed by atoms with Crippen LogP contribution in [0.5, 0.6) is 0 Å². The van der Waals surface area contributed by atoms with E-state index < -0.39 is 0 Å². The number of hydrogen-bond donors (Lipinski definition) is 0. The lowest BCUT2D eigenvalue weighted by molar-refractivity contribution is 1.16. The highest BCUT2D eigenvalue weighted by Crippen LogP contribution is 2.41. The fourth-order valence-electron chi connectivity index (χ4n) is 10.2. The number of hydrogen-bond acceptors (Lipinski definition) is 2. The second-order valence-corrected chi connectivity index (χ2v) is 18.6. The van der Waals surface area contributed by atoms with E-state index in [2.05, 4.69) is 226 Å². The second-order valence-electron chi connectivity index (χ2n) is 18.6. The highest BCUT2D eigenvalue weighted by Gasteiger charge is 2.21. The van der Waals surface area contributed by atoms with Gasteiger partial charge in [-0.15, -0.1) is 0 Å². The molecule has 0 radical (unpaired) electrons. The summed E-state index contributed by atoms with van der Waals surface area (Å²) in [5.41, 5.74) is 21.9. The maximum absolute atomic E-state index is 10.9. The van der Waals surface area contributed by atoms with Gasteiger partial charge in [0.05, 0.1) is 44.6 Å². The average Bonchev–Trinajstić information content (AvgIpc) is 3.86. The first kappa shape index (κ1) is 42.7. The molecular weight excluding hydrogens is 837 g/mol. The molecule has 0 aliphatic rings. The number of fused-ring (bicyclic) bond motifs is 6. The molecule has 0 aliphatic heterocycles. The number of aryl methyl sites for hydroxylation is 3. The highest BCUT2D eigenvalue weighted by atomic mass is 15.0. The Hall–Kier alpha value is -8.96. The summed E-state index contributed by atoms with van der Waals surface area (Å²) in [6.45, 7) is 15.0. The Bertz CT molecular complexity index is 3950. The van der Waals surface area contributed by atoms with Crippen molar-refractivity contribution in [2.45, 2.75) is 34.6 Å². The van der Waals surface area contributed by atoms with Crippen LogP contribution < -0.4 is 0 Å². The van der Waals surface area contributed by atoms with Gasteiger partial charge in [0.1, 0.15) is 12.1 Å². The Morgan fingerprint density at radius 1 is 0.406 bits per heavy atom. The molecule has 69 heavy (non-hydrogen) atoms. The minimum atomic E-state index is 0.552. The van der Waals surface area contributed by atoms with Crippen molar-refractivity contribution < 1.29 is 0 Å². The van der Waals surface area contributed by atoms with Crippen LogP contribution in [0.1, 0.15) is 47.2 Å². The van der Waals surface area contributed by atoms with Gasteiger partial charge in [0.15, 0.2) is 0 Å². The molecule has 11 aromatic rings. The van der Waals surface area contributed by atoms with Crippen molar-refractivity contribution in [1.29, 1.82) is 10.5 Å². The molecule has 4 heteroatoms. The molecule has 2 aromatic heterocycles. The van der Waals surface area contributed by atoms with Gasteiger partial charge in [0, 0.05) is 21.5 Å². The van der Waals surface area contributed by atoms with Gasteiger partial charge in [0.25, 0.3) is 0 Å². The van der Waals surface area contributed by atoms with Gasteiger partial charge < -0.3 is 9.13 Å². The molecule has 2 heterocycles. The summed E-state index contributed by atoms with van der Waals surface area (Å²) in [4.78, 5) is 0. The molecule has 0 spiro atoms. The molecule has 11 rings (SSSR count). The van der Waals surface area contributed by atoms with Gasteiger partial charge in [0.2, 0.25) is 0 Å². The second kappa shape index (κ2) is 17.0. The van der Waals surface area contributed by atoms with Gasteiger partial charge >= 0.3 is 0 Å². The fourth-order valence-corrected chi connectivity index (χ4v) is 10.2. The molecular formula is C65H48N4. The third-order valence-corrected chi connectivity index (χ3v) is 13.5. The smallest absolute Gasteiger partial charge is 0.101 e. The molecule has 0 N–H and O–H groups in total. The summed E-state index contributed by atoms with van der Waals surface area (Å²) in [6.07, 6.45) is 2.11. The average molecular weight is 885 g/mol. The van der Waals surface area contributed by atoms with Crippen LogP contribution in [0.4, 0.5) is 0 Å². The molecule has 0 saturated heterocycles. The van der Waals surface area contributed by atoms with Crippen LogP contribution in [-0.2, 0) is 0 Å². The molecule has 0 amide bonds. The van der Waals surface area contributed by atoms with Crippen LogP contribution >= 0.6 is 0 Å². The van der Waals surface area contributed by atoms with Crippen molar-refractivity contribution >= 4 is 49.2 Å². The van der Waals surface area contributed by atoms with Crippen LogP contribution in [0, 0.1) is 43.4 Å². The Labute approximate surface area is 403 Å². The maximum atomic E-state index is 10.9. The van der Waals surface area contributed by atoms with E-state index in [-0.39, 0.29) is 0 Å². The minimum Gasteiger partial charge on any atom is -0.308 e. The van der Waals surface area contributed by atoms with Crippen LogP contribution in [0.3, 0.4) is 0 Å². The first-order chi connectivity index (χ1) is 33.5. The third-order valence-electron chi connectivity index (χ3n) is 13.5. The van der Waals surface area contributed by atoms with E-state index in [9.17, 15) is 10.5 Å². The number of rotatable bonds is 8. The molecule has 0 saturated carbocycles. The molecule has 0 atom stereocenters. The number of aromatic nitrogens is 2. The van der Waals surface area contributed by atoms with Crippen molar-refractivity contribution in [2.24, 2.45) is 0 Å². The van der Waals surface area contributed by atoms with Gasteiger partial charge in [-0.05, 0) is 139 Å². The number of benzene rings is 9. The number of nitrogens with zero attached hydrogens (tertiary/aromatic N) is 4. The SMILES string of the molecule is C=C(C=C(C)C)c1ccc2c3ccc(-c4cccc(C)c4)cc3n(-c3cc(-c4ccc(C#N)c(-n5c6cc(-c7cccc(C)c7)ccc6c6ccc(-c7cccc(C)c7)cc65)c4)ccc3C#N)c2c1. The Morgan fingerprint density at radius 3 is 1.10 bits per heavy atom. The monoisotopic (exact) mass is 884 g/mol. The Kier molecular flexibility index (Phi) is 10.5. The third kappa shape index (κ3) is 7.59. The van der Waals surface area contributed by atoms with E-state index >= 15 is 0 Å². The summed E-state index contributed by atoms with van der Waals surface area (Å²) in [7, 11) is 0. The normalized spacial score (nSPS) is 11.3. The van der Waals surface area contributed by atoms with Gasteiger partial charge in [-0.3, -0.25) is 0 Å². The Morgan fingerprint density at radius 2 is 0.739 bits per heavy atom. The van der Waals surface area contributed by atoms with E-state index in [1.54, 1.807) is 0 Å². The van der Waals surface area contributed by atoms with Gasteiger partial charge in [-0.1, -0.05) is 168 Å². The molecule has 0 bridgehead atoms. The summed E-state index contributed by atoms with van der Waals surface area (Å²) in [5.74, 6) is 0. The lowest BCUT2D eigenvalue weighted by Gasteiger charge is -2.16. The lowest BCUT2D eigenvalue weighted by Crippen LogP contribution is -2.00. The first-order valence-electron chi connectivity index (χ1n) is 23.4. The summed E-state index contributed by atoms with van der Waals surface area (Å²) in [6, 6.07) is 69.6. The topological polar surface area (TPSA) is 57.4 Å². The van der Waals surface area contributed by atoms with Gasteiger partial charge in [-0.25, -0.2) is 0 Å². The van der Waals surface area contributed by atoms with Crippen molar-refractivity contribution in [2.75, 3.05) is 0 Å². The summed E-state index contributed by atoms with van der Waals surface area (Å²) in [5, 5.41) is 26.2. The molecule has 0 aliphatic carbocycles. The minimum absolute atomic E-state index is 0.552. The van der Waals surface area contributed by atoms with E-state index in [1.807, 2.05) is 24.3 Å². The highest BCUT2D eigenvalue weighted by molar-refractivity contribution is 6.13.